The van der Waals surface area contributed by atoms with E-state index in [-0.39, 0.29) is 12.1 Å². The quantitative estimate of drug-likeness (QED) is 0.923. The number of hydrogen-bond donors (Lipinski definition) is 1. The SMILES string of the molecule is CCN(CC)C(=O)NC(c1ccc(C)cc1)c1nccn1C. The molecule has 1 aromatic carbocycles. The molecule has 1 atom stereocenters. The lowest BCUT2D eigenvalue weighted by atomic mass is 10.0. The molecule has 1 N–H and O–H groups in total. The molecule has 0 spiro atoms. The molecule has 0 aliphatic rings. The Bertz CT molecular complexity index is 614. The molecule has 2 aromatic rings. The topological polar surface area (TPSA) is 50.2 Å². The van der Waals surface area contributed by atoms with Crippen molar-refractivity contribution in [1.29, 1.82) is 0 Å². The number of nitrogens with zero attached hydrogens (tertiary/aromatic N) is 3. The summed E-state index contributed by atoms with van der Waals surface area (Å²) in [5.41, 5.74) is 2.22. The monoisotopic (exact) mass is 300 g/mol. The van der Waals surface area contributed by atoms with Gasteiger partial charge in [0.05, 0.1) is 0 Å². The van der Waals surface area contributed by atoms with Crippen molar-refractivity contribution in [2.24, 2.45) is 7.05 Å². The van der Waals surface area contributed by atoms with Crippen LogP contribution in [0.15, 0.2) is 36.7 Å². The van der Waals surface area contributed by atoms with Crippen molar-refractivity contribution in [2.75, 3.05) is 13.1 Å². The highest BCUT2D eigenvalue weighted by atomic mass is 16.2. The average Bonchev–Trinajstić information content (AvgIpc) is 2.93. The fourth-order valence-corrected chi connectivity index (χ4v) is 2.44. The predicted octanol–water partition coefficient (Wildman–Crippen LogP) is 2.87. The predicted molar refractivity (Wildman–Crippen MR) is 87.7 cm³/mol. The number of aryl methyl sites for hydroxylation is 2. The van der Waals surface area contributed by atoms with Gasteiger partial charge >= 0.3 is 6.03 Å². The molecular weight excluding hydrogens is 276 g/mol. The van der Waals surface area contributed by atoms with E-state index in [1.807, 2.05) is 50.7 Å². The summed E-state index contributed by atoms with van der Waals surface area (Å²) in [5, 5.41) is 3.10. The standard InChI is InChI=1S/C17H24N4O/c1-5-21(6-2)17(22)19-15(16-18-11-12-20(16)4)14-9-7-13(3)8-10-14/h7-12,15H,5-6H2,1-4H3,(H,19,22). The van der Waals surface area contributed by atoms with E-state index >= 15 is 0 Å². The number of carbonyl (C=O) groups excluding carboxylic acids is 1. The minimum Gasteiger partial charge on any atom is -0.336 e. The van der Waals surface area contributed by atoms with Gasteiger partial charge in [-0.3, -0.25) is 0 Å². The van der Waals surface area contributed by atoms with Crippen molar-refractivity contribution in [3.05, 3.63) is 53.6 Å². The van der Waals surface area contributed by atoms with E-state index in [2.05, 4.69) is 22.4 Å². The van der Waals surface area contributed by atoms with Gasteiger partial charge in [-0.15, -0.1) is 0 Å². The number of amides is 2. The molecule has 0 saturated heterocycles. The lowest BCUT2D eigenvalue weighted by molar-refractivity contribution is 0.200. The van der Waals surface area contributed by atoms with Crippen LogP contribution in [0.1, 0.15) is 36.8 Å². The first kappa shape index (κ1) is 16.1. The third-order valence-corrected chi connectivity index (χ3v) is 3.85. The second-order valence-corrected chi connectivity index (χ2v) is 5.36. The summed E-state index contributed by atoms with van der Waals surface area (Å²) >= 11 is 0. The molecule has 2 amide bonds. The highest BCUT2D eigenvalue weighted by Crippen LogP contribution is 2.21. The maximum absolute atomic E-state index is 12.4. The van der Waals surface area contributed by atoms with Gasteiger partial charge in [-0.1, -0.05) is 29.8 Å². The summed E-state index contributed by atoms with van der Waals surface area (Å²) in [6.07, 6.45) is 3.64. The molecule has 0 saturated carbocycles. The van der Waals surface area contributed by atoms with Crippen LogP contribution in [0.3, 0.4) is 0 Å². The summed E-state index contributed by atoms with van der Waals surface area (Å²) in [6, 6.07) is 7.85. The van der Waals surface area contributed by atoms with Crippen LogP contribution in [-0.4, -0.2) is 33.6 Å². The average molecular weight is 300 g/mol. The summed E-state index contributed by atoms with van der Waals surface area (Å²) in [4.78, 5) is 18.6. The highest BCUT2D eigenvalue weighted by molar-refractivity contribution is 5.75. The number of carbonyl (C=O) groups is 1. The summed E-state index contributed by atoms with van der Waals surface area (Å²) in [6.45, 7) is 7.37. The highest BCUT2D eigenvalue weighted by Gasteiger charge is 2.22. The molecule has 22 heavy (non-hydrogen) atoms. The molecular formula is C17H24N4O. The maximum Gasteiger partial charge on any atom is 0.318 e. The Labute approximate surface area is 132 Å². The second kappa shape index (κ2) is 7.11. The number of urea groups is 1. The Balaban J connectivity index is 2.32. The molecule has 1 unspecified atom stereocenters. The first-order chi connectivity index (χ1) is 10.6. The van der Waals surface area contributed by atoms with Crippen LogP contribution < -0.4 is 5.32 Å². The number of nitrogens with one attached hydrogen (secondary N) is 1. The summed E-state index contributed by atoms with van der Waals surface area (Å²) in [5.74, 6) is 0.823. The van der Waals surface area contributed by atoms with Crippen LogP contribution in [0.4, 0.5) is 4.79 Å². The van der Waals surface area contributed by atoms with Gasteiger partial charge in [0.25, 0.3) is 0 Å². The number of benzene rings is 1. The number of imidazole rings is 1. The van der Waals surface area contributed by atoms with Crippen molar-refractivity contribution in [3.8, 4) is 0 Å². The van der Waals surface area contributed by atoms with Gasteiger partial charge in [0.2, 0.25) is 0 Å². The number of rotatable bonds is 5. The third kappa shape index (κ3) is 3.47. The molecule has 1 aromatic heterocycles. The largest absolute Gasteiger partial charge is 0.336 e. The zero-order chi connectivity index (χ0) is 16.1. The number of hydrogen-bond acceptors (Lipinski definition) is 2. The molecule has 0 aliphatic heterocycles. The van der Waals surface area contributed by atoms with Gasteiger partial charge in [-0.2, -0.15) is 0 Å². The summed E-state index contributed by atoms with van der Waals surface area (Å²) < 4.78 is 1.94. The van der Waals surface area contributed by atoms with Gasteiger partial charge in [0, 0.05) is 32.5 Å². The molecule has 0 bridgehead atoms. The van der Waals surface area contributed by atoms with Crippen LogP contribution in [0.2, 0.25) is 0 Å². The van der Waals surface area contributed by atoms with Crippen molar-refractivity contribution >= 4 is 6.03 Å². The smallest absolute Gasteiger partial charge is 0.318 e. The number of aromatic nitrogens is 2. The molecule has 0 radical (unpaired) electrons. The van der Waals surface area contributed by atoms with Crippen LogP contribution in [0.5, 0.6) is 0 Å². The van der Waals surface area contributed by atoms with E-state index < -0.39 is 0 Å². The minimum atomic E-state index is -0.256. The van der Waals surface area contributed by atoms with E-state index in [1.54, 1.807) is 11.1 Å². The lowest BCUT2D eigenvalue weighted by Crippen LogP contribution is -2.42. The molecule has 0 fully saturated rings. The first-order valence-electron chi connectivity index (χ1n) is 7.66. The van der Waals surface area contributed by atoms with Crippen LogP contribution in [0.25, 0.3) is 0 Å². The van der Waals surface area contributed by atoms with Crippen LogP contribution >= 0.6 is 0 Å². The maximum atomic E-state index is 12.4. The van der Waals surface area contributed by atoms with Gasteiger partial charge < -0.3 is 14.8 Å². The molecule has 1 heterocycles. The van der Waals surface area contributed by atoms with Crippen molar-refractivity contribution in [2.45, 2.75) is 26.8 Å². The minimum absolute atomic E-state index is 0.0708. The molecule has 5 nitrogen and oxygen atoms in total. The van der Waals surface area contributed by atoms with E-state index in [4.69, 9.17) is 0 Å². The Morgan fingerprint density at radius 3 is 2.41 bits per heavy atom. The Kier molecular flexibility index (Phi) is 5.20. The van der Waals surface area contributed by atoms with E-state index in [1.165, 1.54) is 5.56 Å². The van der Waals surface area contributed by atoms with Gasteiger partial charge in [0.1, 0.15) is 11.9 Å². The van der Waals surface area contributed by atoms with Gasteiger partial charge in [-0.05, 0) is 26.3 Å². The van der Waals surface area contributed by atoms with E-state index in [9.17, 15) is 4.79 Å². The molecule has 0 aliphatic carbocycles. The molecule has 118 valence electrons. The van der Waals surface area contributed by atoms with Gasteiger partial charge in [0.15, 0.2) is 0 Å². The Hall–Kier alpha value is -2.30. The van der Waals surface area contributed by atoms with Gasteiger partial charge in [-0.25, -0.2) is 9.78 Å². The lowest BCUT2D eigenvalue weighted by Gasteiger charge is -2.25. The zero-order valence-corrected chi connectivity index (χ0v) is 13.7. The van der Waals surface area contributed by atoms with E-state index in [0.717, 1.165) is 11.4 Å². The van der Waals surface area contributed by atoms with Crippen LogP contribution in [-0.2, 0) is 7.05 Å². The summed E-state index contributed by atoms with van der Waals surface area (Å²) in [7, 11) is 1.94. The fraction of sp³-hybridized carbons (Fsp3) is 0.412. The fourth-order valence-electron chi connectivity index (χ4n) is 2.44. The van der Waals surface area contributed by atoms with Crippen molar-refractivity contribution in [1.82, 2.24) is 19.8 Å². The van der Waals surface area contributed by atoms with E-state index in [0.29, 0.717) is 13.1 Å². The zero-order valence-electron chi connectivity index (χ0n) is 13.7. The van der Waals surface area contributed by atoms with Crippen molar-refractivity contribution in [3.63, 3.8) is 0 Å². The first-order valence-corrected chi connectivity index (χ1v) is 7.66. The second-order valence-electron chi connectivity index (χ2n) is 5.36. The normalized spacial score (nSPS) is 12.0. The molecule has 2 rings (SSSR count). The molecule has 5 heteroatoms. The van der Waals surface area contributed by atoms with Crippen molar-refractivity contribution < 1.29 is 4.79 Å². The third-order valence-electron chi connectivity index (χ3n) is 3.85. The Morgan fingerprint density at radius 2 is 1.91 bits per heavy atom. The Morgan fingerprint density at radius 1 is 1.27 bits per heavy atom. The van der Waals surface area contributed by atoms with Crippen LogP contribution in [0, 0.1) is 6.92 Å².